The van der Waals surface area contributed by atoms with Crippen molar-refractivity contribution in [2.24, 2.45) is 0 Å². The highest BCUT2D eigenvalue weighted by atomic mass is 16.5. The molecule has 0 saturated heterocycles. The molecule has 1 atom stereocenters. The Labute approximate surface area is 178 Å². The Hall–Kier alpha value is -3.67. The molecular formula is C25H22O6. The molecule has 2 aliphatic heterocycles. The quantitative estimate of drug-likeness (QED) is 0.511. The van der Waals surface area contributed by atoms with Crippen molar-refractivity contribution in [1.82, 2.24) is 0 Å². The Bertz CT molecular complexity index is 1370. The third kappa shape index (κ3) is 2.98. The van der Waals surface area contributed by atoms with Crippen molar-refractivity contribution in [1.29, 1.82) is 0 Å². The van der Waals surface area contributed by atoms with Crippen LogP contribution in [0.4, 0.5) is 0 Å². The first-order valence-electron chi connectivity index (χ1n) is 10.0. The minimum Gasteiger partial charge on any atom is -0.508 e. The van der Waals surface area contributed by atoms with E-state index in [0.29, 0.717) is 33.9 Å². The highest BCUT2D eigenvalue weighted by molar-refractivity contribution is 5.95. The predicted octanol–water partition coefficient (Wildman–Crippen LogP) is 5.46. The van der Waals surface area contributed by atoms with Gasteiger partial charge in [-0.15, -0.1) is 0 Å². The van der Waals surface area contributed by atoms with E-state index in [4.69, 9.17) is 13.9 Å². The second-order valence-corrected chi connectivity index (χ2v) is 8.69. The summed E-state index contributed by atoms with van der Waals surface area (Å²) in [5.74, 6) is 1.06. The van der Waals surface area contributed by atoms with Gasteiger partial charge in [-0.3, -0.25) is 4.79 Å². The first-order chi connectivity index (χ1) is 14.6. The van der Waals surface area contributed by atoms with Gasteiger partial charge in [0.05, 0.1) is 16.7 Å². The van der Waals surface area contributed by atoms with E-state index in [-0.39, 0.29) is 27.9 Å². The standard InChI is InChI=1S/C25H22O6/c1-12(2)9-19-21-22(28)20-16(27)11-18-15(7-8-25(3,4)31-18)23(20)30-24(21)14-6-5-13(26)10-17(14)29-19/h5-11,19,26-27H,1-4H3/t19-/m0/s1. The molecule has 0 amide bonds. The summed E-state index contributed by atoms with van der Waals surface area (Å²) in [6.07, 6.45) is 4.83. The summed E-state index contributed by atoms with van der Waals surface area (Å²) in [6.45, 7) is 7.62. The molecule has 2 aliphatic rings. The second kappa shape index (κ2) is 6.41. The zero-order chi connectivity index (χ0) is 22.1. The first kappa shape index (κ1) is 19.3. The summed E-state index contributed by atoms with van der Waals surface area (Å²) in [5.41, 5.74) is 1.75. The molecule has 0 unspecified atom stereocenters. The average molecular weight is 418 g/mol. The molecule has 3 aromatic rings. The van der Waals surface area contributed by atoms with Gasteiger partial charge in [0.25, 0.3) is 0 Å². The van der Waals surface area contributed by atoms with Crippen LogP contribution in [0.5, 0.6) is 23.0 Å². The number of ether oxygens (including phenoxy) is 2. The van der Waals surface area contributed by atoms with E-state index in [0.717, 1.165) is 5.57 Å². The number of phenols is 2. The van der Waals surface area contributed by atoms with E-state index in [9.17, 15) is 15.0 Å². The highest BCUT2D eigenvalue weighted by Gasteiger charge is 2.34. The largest absolute Gasteiger partial charge is 0.508 e. The number of hydrogen-bond donors (Lipinski definition) is 2. The van der Waals surface area contributed by atoms with Crippen LogP contribution in [0.3, 0.4) is 0 Å². The molecule has 158 valence electrons. The van der Waals surface area contributed by atoms with Gasteiger partial charge in [-0.1, -0.05) is 5.57 Å². The highest BCUT2D eigenvalue weighted by Crippen LogP contribution is 2.47. The van der Waals surface area contributed by atoms with Crippen molar-refractivity contribution in [3.8, 4) is 34.3 Å². The lowest BCUT2D eigenvalue weighted by atomic mass is 9.94. The van der Waals surface area contributed by atoms with Crippen molar-refractivity contribution in [3.63, 3.8) is 0 Å². The lowest BCUT2D eigenvalue weighted by Gasteiger charge is -2.29. The van der Waals surface area contributed by atoms with E-state index in [1.807, 2.05) is 45.9 Å². The number of hydrogen-bond acceptors (Lipinski definition) is 6. The number of rotatable bonds is 1. The van der Waals surface area contributed by atoms with E-state index < -0.39 is 11.7 Å². The van der Waals surface area contributed by atoms with Gasteiger partial charge in [-0.25, -0.2) is 0 Å². The van der Waals surface area contributed by atoms with Crippen LogP contribution >= 0.6 is 0 Å². The maximum Gasteiger partial charge on any atom is 0.204 e. The molecule has 31 heavy (non-hydrogen) atoms. The fourth-order valence-electron chi connectivity index (χ4n) is 4.07. The lowest BCUT2D eigenvalue weighted by molar-refractivity contribution is 0.158. The maximum atomic E-state index is 13.6. The Morgan fingerprint density at radius 1 is 1.13 bits per heavy atom. The van der Waals surface area contributed by atoms with Gasteiger partial charge in [0.1, 0.15) is 45.8 Å². The topological polar surface area (TPSA) is 89.1 Å². The van der Waals surface area contributed by atoms with Crippen LogP contribution in [0.1, 0.15) is 44.9 Å². The number of phenolic OH excluding ortho intramolecular Hbond substituents is 2. The van der Waals surface area contributed by atoms with Crippen molar-refractivity contribution in [2.75, 3.05) is 0 Å². The molecule has 6 heteroatoms. The Morgan fingerprint density at radius 2 is 1.90 bits per heavy atom. The molecule has 0 radical (unpaired) electrons. The monoisotopic (exact) mass is 418 g/mol. The van der Waals surface area contributed by atoms with E-state index in [1.165, 1.54) is 18.2 Å². The van der Waals surface area contributed by atoms with Gasteiger partial charge in [0.15, 0.2) is 5.58 Å². The Kier molecular flexibility index (Phi) is 3.99. The van der Waals surface area contributed by atoms with Crippen LogP contribution in [0.2, 0.25) is 0 Å². The van der Waals surface area contributed by atoms with Crippen LogP contribution < -0.4 is 14.9 Å². The summed E-state index contributed by atoms with van der Waals surface area (Å²) in [6, 6.07) is 6.12. The summed E-state index contributed by atoms with van der Waals surface area (Å²) in [7, 11) is 0. The van der Waals surface area contributed by atoms with E-state index in [2.05, 4.69) is 0 Å². The molecule has 0 bridgehead atoms. The molecular weight excluding hydrogens is 396 g/mol. The van der Waals surface area contributed by atoms with Crippen molar-refractivity contribution >= 4 is 17.0 Å². The van der Waals surface area contributed by atoms with E-state index >= 15 is 0 Å². The van der Waals surface area contributed by atoms with Crippen molar-refractivity contribution in [3.05, 3.63) is 63.3 Å². The van der Waals surface area contributed by atoms with Gasteiger partial charge < -0.3 is 24.1 Å². The zero-order valence-corrected chi connectivity index (χ0v) is 17.6. The van der Waals surface area contributed by atoms with Crippen molar-refractivity contribution < 1.29 is 24.1 Å². The van der Waals surface area contributed by atoms with Crippen LogP contribution in [0, 0.1) is 0 Å². The summed E-state index contributed by atoms with van der Waals surface area (Å²) < 4.78 is 18.3. The Balaban J connectivity index is 1.90. The predicted molar refractivity (Wildman–Crippen MR) is 118 cm³/mol. The second-order valence-electron chi connectivity index (χ2n) is 8.69. The molecule has 0 aliphatic carbocycles. The SMILES string of the molecule is CC(C)=C[C@@H]1Oc2cc(O)ccc2-c2oc3c4c(cc(O)c3c(=O)c21)OC(C)(C)C=C4. The average Bonchev–Trinajstić information content (AvgIpc) is 2.65. The molecule has 0 fully saturated rings. The smallest absolute Gasteiger partial charge is 0.204 e. The molecule has 6 nitrogen and oxygen atoms in total. The van der Waals surface area contributed by atoms with Crippen LogP contribution in [-0.4, -0.2) is 15.8 Å². The molecule has 1 aromatic heterocycles. The van der Waals surface area contributed by atoms with Gasteiger partial charge in [-0.05, 0) is 58.1 Å². The third-order valence-electron chi connectivity index (χ3n) is 5.44. The molecule has 3 heterocycles. The van der Waals surface area contributed by atoms with Crippen LogP contribution in [0.25, 0.3) is 28.4 Å². The minimum absolute atomic E-state index is 0.0508. The van der Waals surface area contributed by atoms with E-state index in [1.54, 1.807) is 6.07 Å². The molecule has 0 saturated carbocycles. The van der Waals surface area contributed by atoms with Gasteiger partial charge in [0.2, 0.25) is 5.43 Å². The maximum absolute atomic E-state index is 13.6. The minimum atomic E-state index is -0.712. The summed E-state index contributed by atoms with van der Waals surface area (Å²) >= 11 is 0. The van der Waals surface area contributed by atoms with Gasteiger partial charge in [-0.2, -0.15) is 0 Å². The zero-order valence-electron chi connectivity index (χ0n) is 17.6. The number of allylic oxidation sites excluding steroid dienone is 1. The van der Waals surface area contributed by atoms with Gasteiger partial charge >= 0.3 is 0 Å². The molecule has 0 spiro atoms. The summed E-state index contributed by atoms with van der Waals surface area (Å²) in [4.78, 5) is 13.6. The molecule has 2 N–H and O–H groups in total. The van der Waals surface area contributed by atoms with Crippen molar-refractivity contribution in [2.45, 2.75) is 39.4 Å². The third-order valence-corrected chi connectivity index (χ3v) is 5.44. The van der Waals surface area contributed by atoms with Gasteiger partial charge in [0, 0.05) is 12.1 Å². The fourth-order valence-corrected chi connectivity index (χ4v) is 4.07. The van der Waals surface area contributed by atoms with Crippen LogP contribution in [0.15, 0.2) is 51.2 Å². The first-order valence-corrected chi connectivity index (χ1v) is 10.0. The normalized spacial score (nSPS) is 17.7. The Morgan fingerprint density at radius 3 is 2.65 bits per heavy atom. The fraction of sp³-hybridized carbons (Fsp3) is 0.240. The number of fused-ring (bicyclic) bond motifs is 6. The number of aromatic hydroxyl groups is 2. The van der Waals surface area contributed by atoms with Crippen LogP contribution in [-0.2, 0) is 0 Å². The molecule has 5 rings (SSSR count). The lowest BCUT2D eigenvalue weighted by Crippen LogP contribution is -2.28. The number of benzene rings is 2. The molecule has 2 aromatic carbocycles. The summed E-state index contributed by atoms with van der Waals surface area (Å²) in [5, 5.41) is 20.7.